The van der Waals surface area contributed by atoms with Gasteiger partial charge in [0.25, 0.3) is 15.9 Å². The molecule has 0 aliphatic heterocycles. The molecule has 0 spiro atoms. The first-order chi connectivity index (χ1) is 22.8. The second kappa shape index (κ2) is 15.7. The van der Waals surface area contributed by atoms with E-state index >= 15 is 0 Å². The lowest BCUT2D eigenvalue weighted by molar-refractivity contribution is -0.142. The lowest BCUT2D eigenvalue weighted by Gasteiger charge is -2.31. The molecule has 1 atom stereocenters. The molecule has 5 rings (SSSR count). The predicted molar refractivity (Wildman–Crippen MR) is 178 cm³/mol. The molecule has 0 fully saturated rings. The van der Waals surface area contributed by atoms with Gasteiger partial charge in [0, 0.05) is 25.2 Å². The zero-order valence-corrected chi connectivity index (χ0v) is 26.3. The molecular formula is C37H34FN3O5S. The first kappa shape index (κ1) is 32.9. The highest BCUT2D eigenvalue weighted by molar-refractivity contribution is 7.92. The van der Waals surface area contributed by atoms with Gasteiger partial charge in [-0.25, -0.2) is 12.8 Å². The van der Waals surface area contributed by atoms with Gasteiger partial charge in [-0.05, 0) is 65.2 Å². The molecule has 2 N–H and O–H groups in total. The molecule has 0 radical (unpaired) electrons. The van der Waals surface area contributed by atoms with Crippen LogP contribution in [0.4, 0.5) is 10.1 Å². The number of carbonyl (C=O) groups is 2. The van der Waals surface area contributed by atoms with Crippen LogP contribution in [0.2, 0.25) is 0 Å². The minimum absolute atomic E-state index is 0.0378. The van der Waals surface area contributed by atoms with Gasteiger partial charge in [0.1, 0.15) is 17.6 Å². The number of ether oxygens (including phenoxy) is 1. The zero-order chi connectivity index (χ0) is 33.1. The SMILES string of the molecule is O=C(NCc1ccccc1)[C@@H](Cc1ccccc1)N(Cc1ccccc1)C(=O)COc1ccc(S(=O)(=O)Nc2ccc(F)cc2)cc1. The Kier molecular flexibility index (Phi) is 11.0. The highest BCUT2D eigenvalue weighted by Gasteiger charge is 2.30. The molecule has 2 amide bonds. The van der Waals surface area contributed by atoms with E-state index in [9.17, 15) is 22.4 Å². The van der Waals surface area contributed by atoms with Gasteiger partial charge in [-0.2, -0.15) is 0 Å². The lowest BCUT2D eigenvalue weighted by atomic mass is 10.0. The Bertz CT molecular complexity index is 1860. The lowest BCUT2D eigenvalue weighted by Crippen LogP contribution is -2.51. The maximum absolute atomic E-state index is 13.9. The molecule has 5 aromatic rings. The predicted octanol–water partition coefficient (Wildman–Crippen LogP) is 5.96. The van der Waals surface area contributed by atoms with E-state index in [-0.39, 0.29) is 41.8 Å². The number of sulfonamides is 1. The highest BCUT2D eigenvalue weighted by Crippen LogP contribution is 2.21. The number of nitrogens with zero attached hydrogens (tertiary/aromatic N) is 1. The molecule has 0 heterocycles. The number of hydrogen-bond donors (Lipinski definition) is 2. The van der Waals surface area contributed by atoms with Crippen LogP contribution in [0.25, 0.3) is 0 Å². The highest BCUT2D eigenvalue weighted by atomic mass is 32.2. The van der Waals surface area contributed by atoms with E-state index in [0.29, 0.717) is 6.54 Å². The van der Waals surface area contributed by atoms with E-state index in [0.717, 1.165) is 28.8 Å². The van der Waals surface area contributed by atoms with Crippen LogP contribution >= 0.6 is 0 Å². The third-order valence-electron chi connectivity index (χ3n) is 7.37. The Balaban J connectivity index is 1.33. The largest absolute Gasteiger partial charge is 0.484 e. The smallest absolute Gasteiger partial charge is 0.261 e. The van der Waals surface area contributed by atoms with E-state index in [1.54, 1.807) is 0 Å². The average Bonchev–Trinajstić information content (AvgIpc) is 3.10. The molecule has 0 unspecified atom stereocenters. The second-order valence-electron chi connectivity index (χ2n) is 10.8. The minimum atomic E-state index is -3.95. The van der Waals surface area contributed by atoms with Gasteiger partial charge in [0.2, 0.25) is 5.91 Å². The Hall–Kier alpha value is -5.48. The van der Waals surface area contributed by atoms with Crippen molar-refractivity contribution in [3.8, 4) is 5.75 Å². The topological polar surface area (TPSA) is 105 Å². The van der Waals surface area contributed by atoms with Crippen molar-refractivity contribution < 1.29 is 27.1 Å². The monoisotopic (exact) mass is 651 g/mol. The summed E-state index contributed by atoms with van der Waals surface area (Å²) >= 11 is 0. The number of nitrogens with one attached hydrogen (secondary N) is 2. The summed E-state index contributed by atoms with van der Waals surface area (Å²) in [5.41, 5.74) is 2.89. The summed E-state index contributed by atoms with van der Waals surface area (Å²) < 4.78 is 47.1. The zero-order valence-electron chi connectivity index (χ0n) is 25.5. The number of rotatable bonds is 14. The summed E-state index contributed by atoms with van der Waals surface area (Å²) in [6, 6.07) is 38.2. The molecule has 0 saturated heterocycles. The van der Waals surface area contributed by atoms with E-state index in [1.807, 2.05) is 91.0 Å². The average molecular weight is 652 g/mol. The quantitative estimate of drug-likeness (QED) is 0.154. The number of halogens is 1. The minimum Gasteiger partial charge on any atom is -0.484 e. The first-order valence-electron chi connectivity index (χ1n) is 15.0. The van der Waals surface area contributed by atoms with Gasteiger partial charge in [0.15, 0.2) is 6.61 Å². The maximum Gasteiger partial charge on any atom is 0.261 e. The van der Waals surface area contributed by atoms with Crippen LogP contribution in [-0.2, 0) is 39.1 Å². The van der Waals surface area contributed by atoms with Crippen LogP contribution < -0.4 is 14.8 Å². The fourth-order valence-electron chi connectivity index (χ4n) is 4.91. The Morgan fingerprint density at radius 1 is 0.702 bits per heavy atom. The molecule has 0 saturated carbocycles. The summed E-state index contributed by atoms with van der Waals surface area (Å²) in [5.74, 6) is -0.929. The van der Waals surface area contributed by atoms with Crippen molar-refractivity contribution in [1.82, 2.24) is 10.2 Å². The summed E-state index contributed by atoms with van der Waals surface area (Å²) in [6.07, 6.45) is 0.285. The summed E-state index contributed by atoms with van der Waals surface area (Å²) in [6.45, 7) is 0.0929. The summed E-state index contributed by atoms with van der Waals surface area (Å²) in [7, 11) is -3.95. The number of amides is 2. The number of anilines is 1. The Morgan fingerprint density at radius 3 is 1.85 bits per heavy atom. The molecule has 5 aromatic carbocycles. The van der Waals surface area contributed by atoms with Gasteiger partial charge in [-0.15, -0.1) is 0 Å². The second-order valence-corrected chi connectivity index (χ2v) is 12.5. The molecule has 240 valence electrons. The number of benzene rings is 5. The Morgan fingerprint density at radius 2 is 1.26 bits per heavy atom. The van der Waals surface area contributed by atoms with Crippen LogP contribution in [0.5, 0.6) is 5.75 Å². The van der Waals surface area contributed by atoms with Gasteiger partial charge in [0.05, 0.1) is 4.90 Å². The van der Waals surface area contributed by atoms with Crippen molar-refractivity contribution in [3.63, 3.8) is 0 Å². The van der Waals surface area contributed by atoms with Crippen molar-refractivity contribution >= 4 is 27.5 Å². The van der Waals surface area contributed by atoms with Crippen molar-refractivity contribution in [1.29, 1.82) is 0 Å². The Labute approximate surface area is 273 Å². The fourth-order valence-corrected chi connectivity index (χ4v) is 5.97. The third kappa shape index (κ3) is 9.51. The van der Waals surface area contributed by atoms with Crippen molar-refractivity contribution in [2.45, 2.75) is 30.4 Å². The fraction of sp³-hybridized carbons (Fsp3) is 0.135. The van der Waals surface area contributed by atoms with E-state index < -0.39 is 27.8 Å². The number of hydrogen-bond acceptors (Lipinski definition) is 5. The van der Waals surface area contributed by atoms with Crippen LogP contribution in [-0.4, -0.2) is 37.8 Å². The van der Waals surface area contributed by atoms with Crippen LogP contribution in [0, 0.1) is 5.82 Å². The van der Waals surface area contributed by atoms with Crippen molar-refractivity contribution in [2.24, 2.45) is 0 Å². The first-order valence-corrected chi connectivity index (χ1v) is 16.5. The summed E-state index contributed by atoms with van der Waals surface area (Å²) in [4.78, 5) is 29.1. The maximum atomic E-state index is 13.9. The van der Waals surface area contributed by atoms with Crippen LogP contribution in [0.15, 0.2) is 144 Å². The van der Waals surface area contributed by atoms with Crippen LogP contribution in [0.3, 0.4) is 0 Å². The van der Waals surface area contributed by atoms with Gasteiger partial charge >= 0.3 is 0 Å². The third-order valence-corrected chi connectivity index (χ3v) is 8.77. The molecule has 0 aliphatic rings. The molecule has 10 heteroatoms. The normalized spacial score (nSPS) is 11.7. The van der Waals surface area contributed by atoms with Gasteiger partial charge in [-0.3, -0.25) is 14.3 Å². The van der Waals surface area contributed by atoms with Gasteiger partial charge in [-0.1, -0.05) is 91.0 Å². The molecule has 8 nitrogen and oxygen atoms in total. The summed E-state index contributed by atoms with van der Waals surface area (Å²) in [5, 5.41) is 3.00. The molecular weight excluding hydrogens is 617 g/mol. The van der Waals surface area contributed by atoms with E-state index in [1.165, 1.54) is 41.3 Å². The molecule has 0 aliphatic carbocycles. The van der Waals surface area contributed by atoms with Crippen molar-refractivity contribution in [3.05, 3.63) is 162 Å². The number of carbonyl (C=O) groups excluding carboxylic acids is 2. The van der Waals surface area contributed by atoms with Crippen LogP contribution in [0.1, 0.15) is 16.7 Å². The van der Waals surface area contributed by atoms with Gasteiger partial charge < -0.3 is 15.0 Å². The van der Waals surface area contributed by atoms with E-state index in [4.69, 9.17) is 4.74 Å². The molecule has 0 aromatic heterocycles. The molecule has 47 heavy (non-hydrogen) atoms. The van der Waals surface area contributed by atoms with E-state index in [2.05, 4.69) is 10.0 Å². The molecule has 0 bridgehead atoms. The standard InChI is InChI=1S/C37H34FN3O5S/c38-31-16-18-32(19-17-31)40-47(44,45)34-22-20-33(21-23-34)46-27-36(42)41(26-30-14-8-3-9-15-30)35(24-28-10-4-1-5-11-28)37(43)39-25-29-12-6-2-7-13-29/h1-23,35,40H,24-27H2,(H,39,43)/t35-/m1/s1. The van der Waals surface area contributed by atoms with Crippen molar-refractivity contribution in [2.75, 3.05) is 11.3 Å².